The standard InChI is InChI=1S/2C15H15F3N2O2/c1-2-22-14(21)13-9-12(19-20-13)8-5-10-3-6-11(7-4-10)15(16,17)18;1-2-20-13(14(21)22)9-12(19-20)8-5-10-3-6-11(7-4-10)15(16,17)18/h3-4,6-7,9H,2,5,8H2,1H3,(H,19,20);3-4,6-7,9H,2,5,8H2,1H3,(H,21,22). The summed E-state index contributed by atoms with van der Waals surface area (Å²) in [5.74, 6) is -1.52. The summed E-state index contributed by atoms with van der Waals surface area (Å²) in [5, 5.41) is 19.8. The van der Waals surface area contributed by atoms with Crippen LogP contribution < -0.4 is 0 Å². The van der Waals surface area contributed by atoms with Crippen LogP contribution in [0.3, 0.4) is 0 Å². The van der Waals surface area contributed by atoms with E-state index >= 15 is 0 Å². The van der Waals surface area contributed by atoms with Gasteiger partial charge in [0.25, 0.3) is 0 Å². The largest absolute Gasteiger partial charge is 0.477 e. The average molecular weight is 625 g/mol. The van der Waals surface area contributed by atoms with Crippen molar-refractivity contribution in [3.8, 4) is 0 Å². The molecule has 0 spiro atoms. The Balaban J connectivity index is 0.000000240. The molecular weight excluding hydrogens is 594 g/mol. The number of esters is 1. The number of ether oxygens (including phenoxy) is 1. The van der Waals surface area contributed by atoms with Crippen LogP contribution in [0.15, 0.2) is 60.7 Å². The van der Waals surface area contributed by atoms with Crippen molar-refractivity contribution >= 4 is 11.9 Å². The maximum Gasteiger partial charge on any atom is 0.416 e. The van der Waals surface area contributed by atoms with Crippen LogP contribution in [0, 0.1) is 0 Å². The number of aromatic nitrogens is 4. The topological polar surface area (TPSA) is 110 Å². The van der Waals surface area contributed by atoms with Crippen molar-refractivity contribution in [2.24, 2.45) is 0 Å². The van der Waals surface area contributed by atoms with Crippen molar-refractivity contribution in [3.05, 3.63) is 106 Å². The molecule has 0 radical (unpaired) electrons. The number of aromatic carboxylic acids is 1. The molecule has 44 heavy (non-hydrogen) atoms. The molecule has 236 valence electrons. The Morgan fingerprint density at radius 1 is 0.795 bits per heavy atom. The predicted molar refractivity (Wildman–Crippen MR) is 147 cm³/mol. The molecule has 2 aromatic carbocycles. The zero-order chi connectivity index (χ0) is 32.5. The van der Waals surface area contributed by atoms with Crippen LogP contribution in [0.1, 0.15) is 68.5 Å². The summed E-state index contributed by atoms with van der Waals surface area (Å²) in [6.07, 6.45) is -6.65. The number of nitrogens with zero attached hydrogens (tertiary/aromatic N) is 3. The van der Waals surface area contributed by atoms with E-state index in [-0.39, 0.29) is 18.0 Å². The fraction of sp³-hybridized carbons (Fsp3) is 0.333. The molecule has 0 amide bonds. The number of carboxylic acid groups (broad SMARTS) is 1. The van der Waals surface area contributed by atoms with Crippen molar-refractivity contribution in [2.45, 2.75) is 58.4 Å². The Morgan fingerprint density at radius 3 is 1.70 bits per heavy atom. The summed E-state index contributed by atoms with van der Waals surface area (Å²) >= 11 is 0. The Morgan fingerprint density at radius 2 is 1.30 bits per heavy atom. The number of nitrogens with one attached hydrogen (secondary N) is 1. The maximum atomic E-state index is 12.5. The number of benzene rings is 2. The summed E-state index contributed by atoms with van der Waals surface area (Å²) in [5.41, 5.74) is 1.82. The molecule has 0 saturated carbocycles. The number of H-pyrrole nitrogens is 1. The van der Waals surface area contributed by atoms with Gasteiger partial charge in [-0.1, -0.05) is 24.3 Å². The van der Waals surface area contributed by atoms with Gasteiger partial charge in [0.15, 0.2) is 0 Å². The number of carbonyl (C=O) groups is 2. The number of aryl methyl sites for hydroxylation is 5. The first kappa shape index (κ1) is 33.9. The highest BCUT2D eigenvalue weighted by Crippen LogP contribution is 2.30. The van der Waals surface area contributed by atoms with Gasteiger partial charge >= 0.3 is 24.3 Å². The molecule has 0 fully saturated rings. The predicted octanol–water partition coefficient (Wildman–Crippen LogP) is 6.80. The van der Waals surface area contributed by atoms with E-state index in [4.69, 9.17) is 9.84 Å². The Kier molecular flexibility index (Phi) is 11.3. The van der Waals surface area contributed by atoms with Crippen molar-refractivity contribution in [2.75, 3.05) is 6.61 Å². The van der Waals surface area contributed by atoms with Gasteiger partial charge in [-0.15, -0.1) is 0 Å². The molecule has 0 aliphatic rings. The first-order chi connectivity index (χ1) is 20.7. The molecule has 14 heteroatoms. The number of aromatic amines is 1. The van der Waals surface area contributed by atoms with Gasteiger partial charge in [-0.05, 0) is 87.1 Å². The van der Waals surface area contributed by atoms with Crippen LogP contribution in [-0.4, -0.2) is 43.6 Å². The molecule has 0 saturated heterocycles. The number of rotatable bonds is 10. The third kappa shape index (κ3) is 9.71. The second-order valence-electron chi connectivity index (χ2n) is 9.52. The van der Waals surface area contributed by atoms with Crippen LogP contribution in [0.25, 0.3) is 0 Å². The molecular formula is C30H30F6N4O4. The summed E-state index contributed by atoms with van der Waals surface area (Å²) < 4.78 is 81.0. The fourth-order valence-electron chi connectivity index (χ4n) is 4.08. The van der Waals surface area contributed by atoms with Gasteiger partial charge in [0.2, 0.25) is 0 Å². The molecule has 0 atom stereocenters. The smallest absolute Gasteiger partial charge is 0.416 e. The van der Waals surface area contributed by atoms with Crippen LogP contribution in [-0.2, 0) is 49.3 Å². The van der Waals surface area contributed by atoms with E-state index in [2.05, 4.69) is 15.3 Å². The molecule has 2 heterocycles. The molecule has 8 nitrogen and oxygen atoms in total. The SMILES string of the molecule is CCOC(=O)c1cc(CCc2ccc(C(F)(F)F)cc2)n[nH]1.CCn1nc(CCc2ccc(C(F)(F)F)cc2)cc1C(=O)O. The first-order valence-electron chi connectivity index (χ1n) is 13.5. The van der Waals surface area contributed by atoms with E-state index in [1.807, 2.05) is 0 Å². The van der Waals surface area contributed by atoms with Gasteiger partial charge in [-0.25, -0.2) is 9.59 Å². The highest BCUT2D eigenvalue weighted by molar-refractivity contribution is 5.87. The van der Waals surface area contributed by atoms with Crippen molar-refractivity contribution in [1.82, 2.24) is 20.0 Å². The van der Waals surface area contributed by atoms with Gasteiger partial charge in [0, 0.05) is 6.54 Å². The van der Waals surface area contributed by atoms with Gasteiger partial charge in [0.05, 0.1) is 29.1 Å². The summed E-state index contributed by atoms with van der Waals surface area (Å²) in [6, 6.07) is 13.0. The van der Waals surface area contributed by atoms with Crippen LogP contribution in [0.4, 0.5) is 26.3 Å². The lowest BCUT2D eigenvalue weighted by atomic mass is 10.1. The minimum Gasteiger partial charge on any atom is -0.477 e. The van der Waals surface area contributed by atoms with E-state index in [0.29, 0.717) is 43.6 Å². The number of carboxylic acids is 1. The zero-order valence-corrected chi connectivity index (χ0v) is 23.8. The second-order valence-corrected chi connectivity index (χ2v) is 9.52. The lowest BCUT2D eigenvalue weighted by Gasteiger charge is -2.07. The van der Waals surface area contributed by atoms with E-state index in [1.165, 1.54) is 35.0 Å². The third-order valence-corrected chi connectivity index (χ3v) is 6.38. The van der Waals surface area contributed by atoms with Crippen molar-refractivity contribution in [3.63, 3.8) is 0 Å². The minimum absolute atomic E-state index is 0.116. The monoisotopic (exact) mass is 624 g/mol. The molecule has 0 aliphatic carbocycles. The van der Waals surface area contributed by atoms with E-state index in [9.17, 15) is 35.9 Å². The van der Waals surface area contributed by atoms with Gasteiger partial charge < -0.3 is 9.84 Å². The van der Waals surface area contributed by atoms with Crippen LogP contribution >= 0.6 is 0 Å². The van der Waals surface area contributed by atoms with Gasteiger partial charge in [-0.2, -0.15) is 36.5 Å². The van der Waals surface area contributed by atoms with E-state index < -0.39 is 35.4 Å². The number of alkyl halides is 6. The molecule has 0 bridgehead atoms. The number of halogens is 6. The second kappa shape index (κ2) is 14.7. The lowest BCUT2D eigenvalue weighted by Crippen LogP contribution is -2.08. The summed E-state index contributed by atoms with van der Waals surface area (Å²) in [4.78, 5) is 22.5. The lowest BCUT2D eigenvalue weighted by molar-refractivity contribution is -0.138. The average Bonchev–Trinajstić information content (AvgIpc) is 3.63. The number of carbonyl (C=O) groups excluding carboxylic acids is 1. The normalized spacial score (nSPS) is 11.5. The van der Waals surface area contributed by atoms with Crippen LogP contribution in [0.5, 0.6) is 0 Å². The molecule has 2 N–H and O–H groups in total. The molecule has 4 aromatic rings. The molecule has 0 unspecified atom stereocenters. The van der Waals surface area contributed by atoms with E-state index in [1.54, 1.807) is 19.9 Å². The van der Waals surface area contributed by atoms with Crippen LogP contribution in [0.2, 0.25) is 0 Å². The molecule has 0 aliphatic heterocycles. The third-order valence-electron chi connectivity index (χ3n) is 6.38. The Hall–Kier alpha value is -4.62. The number of hydrogen-bond acceptors (Lipinski definition) is 5. The summed E-state index contributed by atoms with van der Waals surface area (Å²) in [7, 11) is 0. The minimum atomic E-state index is -4.34. The molecule has 2 aromatic heterocycles. The maximum absolute atomic E-state index is 12.5. The first-order valence-corrected chi connectivity index (χ1v) is 13.5. The van der Waals surface area contributed by atoms with Crippen molar-refractivity contribution in [1.29, 1.82) is 0 Å². The highest BCUT2D eigenvalue weighted by atomic mass is 19.4. The fourth-order valence-corrected chi connectivity index (χ4v) is 4.08. The Bertz CT molecular complexity index is 1520. The van der Waals surface area contributed by atoms with E-state index in [0.717, 1.165) is 35.4 Å². The van der Waals surface area contributed by atoms with Gasteiger partial charge in [-0.3, -0.25) is 9.78 Å². The van der Waals surface area contributed by atoms with Crippen molar-refractivity contribution < 1.29 is 45.8 Å². The van der Waals surface area contributed by atoms with Gasteiger partial charge in [0.1, 0.15) is 11.4 Å². The zero-order valence-electron chi connectivity index (χ0n) is 23.8. The quantitative estimate of drug-likeness (QED) is 0.148. The number of hydrogen-bond donors (Lipinski definition) is 2. The highest BCUT2D eigenvalue weighted by Gasteiger charge is 2.30. The molecule has 4 rings (SSSR count). The summed E-state index contributed by atoms with van der Waals surface area (Å²) in [6.45, 7) is 4.22. The Labute approximate surface area is 248 Å².